The van der Waals surface area contributed by atoms with Crippen LogP contribution in [0.5, 0.6) is 11.6 Å². The van der Waals surface area contributed by atoms with Crippen molar-refractivity contribution in [3.8, 4) is 11.6 Å². The Hall–Kier alpha value is -4.97. The molecule has 306 valence electrons. The van der Waals surface area contributed by atoms with Gasteiger partial charge in [-0.2, -0.15) is 13.2 Å². The molecule has 13 nitrogen and oxygen atoms in total. The number of carboxylic acids is 1. The highest BCUT2D eigenvalue weighted by Gasteiger charge is 2.33. The normalized spacial score (nSPS) is 16.0. The smallest absolute Gasteiger partial charge is 0.435 e. The van der Waals surface area contributed by atoms with Crippen molar-refractivity contribution in [2.75, 3.05) is 55.4 Å². The van der Waals surface area contributed by atoms with Gasteiger partial charge in [-0.15, -0.1) is 10.2 Å². The van der Waals surface area contributed by atoms with Crippen LogP contribution in [0.2, 0.25) is 5.02 Å². The number of nitrogens with one attached hydrogen (secondary N) is 1. The zero-order valence-electron chi connectivity index (χ0n) is 31.3. The minimum atomic E-state index is -4.58. The molecule has 3 N–H and O–H groups in total. The number of halogens is 4. The van der Waals surface area contributed by atoms with Crippen molar-refractivity contribution in [2.24, 2.45) is 0 Å². The number of aliphatic hydroxyl groups is 1. The number of piperazine rings is 1. The number of sulfonamides is 1. The standard InChI is InChI=1S/C36H38ClF3N6O4S.C3H6O3/c1-2-44-18-20-45(21-19-44)32-11-8-28(23-31(32)43-51(48,49)24-25-4-3-5-29(37)22-25)35(47)46-16-14-27(15-17-46)26-6-9-30(10-7-26)50-34-13-12-33(41-42-34)36(38,39)40;1-2(4)3(5)6/h3-13,22-23,27,43H,2,14-21,24H2,1H3;2,4H,1H3,(H,5,6)/t;2-/m.0/s1. The van der Waals surface area contributed by atoms with Crippen LogP contribution in [0, 0.1) is 0 Å². The largest absolute Gasteiger partial charge is 0.479 e. The summed E-state index contributed by atoms with van der Waals surface area (Å²) in [5.41, 5.74) is 2.01. The molecular weight excluding hydrogens is 789 g/mol. The van der Waals surface area contributed by atoms with Gasteiger partial charge in [-0.1, -0.05) is 42.8 Å². The van der Waals surface area contributed by atoms with E-state index in [9.17, 15) is 31.2 Å². The Bertz CT molecular complexity index is 2090. The molecule has 1 amide bonds. The van der Waals surface area contributed by atoms with Crippen LogP contribution in [0.25, 0.3) is 0 Å². The highest BCUT2D eigenvalue weighted by molar-refractivity contribution is 7.91. The topological polar surface area (TPSA) is 165 Å². The third kappa shape index (κ3) is 12.3. The number of anilines is 2. The molecule has 1 atom stereocenters. The summed E-state index contributed by atoms with van der Waals surface area (Å²) >= 11 is 6.10. The molecule has 2 saturated heterocycles. The quantitative estimate of drug-likeness (QED) is 0.151. The number of aliphatic carboxylic acids is 1. The second-order valence-electron chi connectivity index (χ2n) is 13.7. The van der Waals surface area contributed by atoms with Crippen LogP contribution in [0.4, 0.5) is 24.5 Å². The van der Waals surface area contributed by atoms with Gasteiger partial charge in [0.15, 0.2) is 5.69 Å². The van der Waals surface area contributed by atoms with E-state index in [-0.39, 0.29) is 23.5 Å². The fourth-order valence-electron chi connectivity index (χ4n) is 6.43. The van der Waals surface area contributed by atoms with E-state index in [1.807, 2.05) is 18.2 Å². The van der Waals surface area contributed by atoms with Crippen LogP contribution in [0.15, 0.2) is 78.9 Å². The molecule has 6 rings (SSSR count). The maximum atomic E-state index is 13.8. The highest BCUT2D eigenvalue weighted by Crippen LogP contribution is 2.34. The second kappa shape index (κ2) is 19.0. The first-order valence-corrected chi connectivity index (χ1v) is 20.3. The predicted octanol–water partition coefficient (Wildman–Crippen LogP) is 6.50. The lowest BCUT2D eigenvalue weighted by Gasteiger charge is -2.36. The average Bonchev–Trinajstić information content (AvgIpc) is 3.18. The number of hydrogen-bond acceptors (Lipinski definition) is 10. The van der Waals surface area contributed by atoms with Gasteiger partial charge in [-0.3, -0.25) is 9.52 Å². The molecule has 4 aromatic rings. The van der Waals surface area contributed by atoms with E-state index >= 15 is 0 Å². The van der Waals surface area contributed by atoms with Crippen LogP contribution < -0.4 is 14.4 Å². The number of likely N-dealkylation sites (tertiary alicyclic amines) is 1. The lowest BCUT2D eigenvalue weighted by atomic mass is 9.89. The van der Waals surface area contributed by atoms with Crippen LogP contribution in [-0.4, -0.2) is 102 Å². The minimum Gasteiger partial charge on any atom is -0.479 e. The van der Waals surface area contributed by atoms with Crippen LogP contribution in [-0.2, 0) is 26.7 Å². The molecule has 2 fully saturated rings. The first-order valence-electron chi connectivity index (χ1n) is 18.3. The van der Waals surface area contributed by atoms with E-state index in [1.54, 1.807) is 53.4 Å². The van der Waals surface area contributed by atoms with E-state index in [0.29, 0.717) is 40.7 Å². The third-order valence-electron chi connectivity index (χ3n) is 9.56. The molecular formula is C39H44ClF3N6O7S. The molecule has 0 radical (unpaired) electrons. The Morgan fingerprint density at radius 1 is 0.947 bits per heavy atom. The second-order valence-corrected chi connectivity index (χ2v) is 15.8. The van der Waals surface area contributed by atoms with Crippen molar-refractivity contribution in [1.82, 2.24) is 20.0 Å². The zero-order chi connectivity index (χ0) is 41.3. The molecule has 0 unspecified atom stereocenters. The Balaban J connectivity index is 0.000000959. The Morgan fingerprint density at radius 3 is 2.18 bits per heavy atom. The van der Waals surface area contributed by atoms with Gasteiger partial charge in [-0.25, -0.2) is 13.2 Å². The Labute approximate surface area is 334 Å². The van der Waals surface area contributed by atoms with Gasteiger partial charge in [0.2, 0.25) is 15.9 Å². The van der Waals surface area contributed by atoms with Crippen molar-refractivity contribution in [2.45, 2.75) is 50.6 Å². The number of carboxylic acid groups (broad SMARTS) is 1. The summed E-state index contributed by atoms with van der Waals surface area (Å²) in [5.74, 6) is -1.07. The molecule has 3 aromatic carbocycles. The van der Waals surface area contributed by atoms with Crippen molar-refractivity contribution in [3.05, 3.63) is 106 Å². The number of rotatable bonds is 11. The number of benzene rings is 3. The number of aliphatic hydroxyl groups excluding tert-OH is 1. The summed E-state index contributed by atoms with van der Waals surface area (Å²) in [7, 11) is -3.84. The van der Waals surface area contributed by atoms with E-state index in [4.69, 9.17) is 26.6 Å². The molecule has 0 saturated carbocycles. The van der Waals surface area contributed by atoms with Gasteiger partial charge in [0.1, 0.15) is 11.9 Å². The maximum absolute atomic E-state index is 13.8. The summed E-state index contributed by atoms with van der Waals surface area (Å²) in [4.78, 5) is 29.5. The number of alkyl halides is 3. The fourth-order valence-corrected chi connectivity index (χ4v) is 7.84. The van der Waals surface area contributed by atoms with Crippen LogP contribution in [0.3, 0.4) is 0 Å². The first-order chi connectivity index (χ1) is 27.0. The van der Waals surface area contributed by atoms with Crippen LogP contribution in [0.1, 0.15) is 59.8 Å². The molecule has 0 aliphatic carbocycles. The highest BCUT2D eigenvalue weighted by atomic mass is 35.5. The molecule has 2 aliphatic heterocycles. The van der Waals surface area contributed by atoms with Gasteiger partial charge in [0.05, 0.1) is 17.1 Å². The molecule has 1 aromatic heterocycles. The SMILES string of the molecule is CCN1CCN(c2ccc(C(=O)N3CCC(c4ccc(Oc5ccc(C(F)(F)F)nn5)cc4)CC3)cc2NS(=O)(=O)Cc2cccc(Cl)c2)CC1.C[C@H](O)C(=O)O. The fraction of sp³-hybridized carbons (Fsp3) is 0.385. The number of carbonyl (C=O) groups excluding carboxylic acids is 1. The molecule has 0 bridgehead atoms. The molecule has 18 heteroatoms. The van der Waals surface area contributed by atoms with Crippen molar-refractivity contribution < 1.29 is 46.1 Å². The van der Waals surface area contributed by atoms with E-state index < -0.39 is 34.0 Å². The summed E-state index contributed by atoms with van der Waals surface area (Å²) in [6.07, 6.45) is -4.38. The lowest BCUT2D eigenvalue weighted by molar-refractivity contribution is -0.145. The first kappa shape index (κ1) is 43.2. The number of hydrogen-bond donors (Lipinski definition) is 3. The van der Waals surface area contributed by atoms with Gasteiger partial charge in [0.25, 0.3) is 5.91 Å². The van der Waals surface area contributed by atoms with Crippen molar-refractivity contribution >= 4 is 44.9 Å². The van der Waals surface area contributed by atoms with Crippen molar-refractivity contribution in [3.63, 3.8) is 0 Å². The van der Waals surface area contributed by atoms with Crippen molar-refractivity contribution in [1.29, 1.82) is 0 Å². The summed E-state index contributed by atoms with van der Waals surface area (Å²) in [5, 5.41) is 22.9. The predicted molar refractivity (Wildman–Crippen MR) is 209 cm³/mol. The van der Waals surface area contributed by atoms with Gasteiger partial charge in [-0.05, 0) is 91.9 Å². The number of likely N-dealkylation sites (N-methyl/N-ethyl adjacent to an activating group) is 1. The zero-order valence-corrected chi connectivity index (χ0v) is 32.9. The van der Waals surface area contributed by atoms with Gasteiger partial charge < -0.3 is 29.6 Å². The molecule has 2 aliphatic rings. The summed E-state index contributed by atoms with van der Waals surface area (Å²) in [6.45, 7) is 8.45. The van der Waals surface area contributed by atoms with Gasteiger partial charge in [0, 0.05) is 55.9 Å². The molecule has 57 heavy (non-hydrogen) atoms. The summed E-state index contributed by atoms with van der Waals surface area (Å²) < 4.78 is 73.4. The Morgan fingerprint density at radius 2 is 1.61 bits per heavy atom. The van der Waals surface area contributed by atoms with Crippen LogP contribution >= 0.6 is 11.6 Å². The number of ether oxygens (including phenoxy) is 1. The molecule has 3 heterocycles. The van der Waals surface area contributed by atoms with E-state index in [1.165, 1.54) is 6.92 Å². The number of piperidine rings is 1. The maximum Gasteiger partial charge on any atom is 0.435 e. The lowest BCUT2D eigenvalue weighted by Crippen LogP contribution is -2.46. The van der Waals surface area contributed by atoms with E-state index in [2.05, 4.69) is 31.6 Å². The molecule has 0 spiro atoms. The Kier molecular flexibility index (Phi) is 14.4. The van der Waals surface area contributed by atoms with Gasteiger partial charge >= 0.3 is 12.1 Å². The number of amides is 1. The number of nitrogens with zero attached hydrogens (tertiary/aromatic N) is 5. The third-order valence-corrected chi connectivity index (χ3v) is 11.0. The minimum absolute atomic E-state index is 0.0493. The van der Waals surface area contributed by atoms with E-state index in [0.717, 1.165) is 68.9 Å². The number of aromatic nitrogens is 2. The number of carbonyl (C=O) groups is 2. The average molecular weight is 833 g/mol. The summed E-state index contributed by atoms with van der Waals surface area (Å²) in [6, 6.07) is 21.2. The monoisotopic (exact) mass is 832 g/mol.